The van der Waals surface area contributed by atoms with Crippen molar-refractivity contribution in [1.29, 1.82) is 0 Å². The summed E-state index contributed by atoms with van der Waals surface area (Å²) in [4.78, 5) is 11.0. The van der Waals surface area contributed by atoms with Crippen LogP contribution >= 0.6 is 0 Å². The molecular weight excluding hydrogens is 412 g/mol. The monoisotopic (exact) mass is 469 g/mol. The van der Waals surface area contributed by atoms with Crippen LogP contribution in [0.1, 0.15) is 142 Å². The molecular formula is C28H57N2O3+. The van der Waals surface area contributed by atoms with Gasteiger partial charge in [-0.1, -0.05) is 110 Å². The summed E-state index contributed by atoms with van der Waals surface area (Å²) in [6.45, 7) is 8.56. The van der Waals surface area contributed by atoms with Gasteiger partial charge in [-0.25, -0.2) is 0 Å². The smallest absolute Gasteiger partial charge is 0.219 e. The fraction of sp³-hybridized carbons (Fsp3) is 0.893. The minimum Gasteiger partial charge on any atom is -0.356 e. The molecule has 0 saturated heterocycles. The zero-order valence-electron chi connectivity index (χ0n) is 22.4. The number of hydroxylamine groups is 4. The summed E-state index contributed by atoms with van der Waals surface area (Å²) in [6, 6.07) is 0. The van der Waals surface area contributed by atoms with E-state index >= 15 is 0 Å². The van der Waals surface area contributed by atoms with Gasteiger partial charge in [0.05, 0.1) is 0 Å². The van der Waals surface area contributed by atoms with Crippen molar-refractivity contribution >= 4 is 5.91 Å². The Bertz CT molecular complexity index is 476. The quantitative estimate of drug-likeness (QED) is 0.0579. The Kier molecular flexibility index (Phi) is 19.9. The van der Waals surface area contributed by atoms with Gasteiger partial charge in [-0.15, -0.1) is 6.58 Å². The standard InChI is InChI=1S/C28H56N2O3/c1-5-8-9-10-11-12-13-14-15-16-17-18-19-20-21-23-27(31)29-26-22-25-28(7-3,24-6-2)30(4,32)33/h6,32-33H,2,5,7-26H2,1,3-4H3/p+1. The van der Waals surface area contributed by atoms with Crippen molar-refractivity contribution in [3.8, 4) is 0 Å². The predicted molar refractivity (Wildman–Crippen MR) is 139 cm³/mol. The number of amides is 1. The molecule has 0 heterocycles. The van der Waals surface area contributed by atoms with E-state index in [-0.39, 0.29) is 5.91 Å². The summed E-state index contributed by atoms with van der Waals surface area (Å²) in [5, 5.41) is 23.2. The van der Waals surface area contributed by atoms with Gasteiger partial charge in [0.15, 0.2) is 5.54 Å². The van der Waals surface area contributed by atoms with Crippen LogP contribution in [0, 0.1) is 0 Å². The minimum absolute atomic E-state index is 0.112. The SMILES string of the molecule is C=CCC(CC)(CCCNC(=O)CCCCCCCCCCCCCCCCC)[N+](C)(O)O. The highest BCUT2D eigenvalue weighted by atomic mass is 16.8. The molecule has 0 aromatic carbocycles. The van der Waals surface area contributed by atoms with E-state index in [1.165, 1.54) is 90.5 Å². The van der Waals surface area contributed by atoms with E-state index in [9.17, 15) is 15.2 Å². The molecule has 33 heavy (non-hydrogen) atoms. The second-order valence-electron chi connectivity index (χ2n) is 10.1. The highest BCUT2D eigenvalue weighted by molar-refractivity contribution is 5.75. The summed E-state index contributed by atoms with van der Waals surface area (Å²) >= 11 is 0. The third kappa shape index (κ3) is 16.4. The zero-order chi connectivity index (χ0) is 24.8. The molecule has 0 aliphatic carbocycles. The Hall–Kier alpha value is -0.910. The van der Waals surface area contributed by atoms with Crippen molar-refractivity contribution in [1.82, 2.24) is 5.32 Å². The Balaban J connectivity index is 3.59. The molecule has 0 bridgehead atoms. The van der Waals surface area contributed by atoms with Crippen molar-refractivity contribution in [2.75, 3.05) is 13.6 Å². The van der Waals surface area contributed by atoms with E-state index in [0.29, 0.717) is 32.2 Å². The van der Waals surface area contributed by atoms with Gasteiger partial charge in [0, 0.05) is 32.2 Å². The summed E-state index contributed by atoms with van der Waals surface area (Å²) in [7, 11) is 1.39. The Labute approximate surface area is 205 Å². The molecule has 0 aliphatic heterocycles. The number of hydrogen-bond acceptors (Lipinski definition) is 3. The first-order valence-electron chi connectivity index (χ1n) is 14.0. The molecule has 0 aliphatic rings. The lowest BCUT2D eigenvalue weighted by molar-refractivity contribution is -1.26. The number of nitrogens with zero attached hydrogens (tertiary/aromatic N) is 1. The third-order valence-electron chi connectivity index (χ3n) is 7.23. The first kappa shape index (κ1) is 32.1. The molecule has 0 spiro atoms. The van der Waals surface area contributed by atoms with Crippen molar-refractivity contribution in [3.63, 3.8) is 0 Å². The molecule has 5 nitrogen and oxygen atoms in total. The second kappa shape index (κ2) is 20.5. The van der Waals surface area contributed by atoms with Crippen LogP contribution in [-0.4, -0.2) is 40.3 Å². The molecule has 196 valence electrons. The van der Waals surface area contributed by atoms with Crippen LogP contribution in [0.4, 0.5) is 0 Å². The fourth-order valence-electron chi connectivity index (χ4n) is 4.77. The van der Waals surface area contributed by atoms with Gasteiger partial charge in [-0.3, -0.25) is 4.79 Å². The van der Waals surface area contributed by atoms with Gasteiger partial charge in [0.25, 0.3) is 0 Å². The van der Waals surface area contributed by atoms with Crippen molar-refractivity contribution < 1.29 is 20.0 Å². The van der Waals surface area contributed by atoms with Gasteiger partial charge < -0.3 is 5.32 Å². The van der Waals surface area contributed by atoms with Crippen LogP contribution in [0.25, 0.3) is 0 Å². The van der Waals surface area contributed by atoms with Crippen LogP contribution in [0.2, 0.25) is 0 Å². The third-order valence-corrected chi connectivity index (χ3v) is 7.23. The maximum Gasteiger partial charge on any atom is 0.219 e. The molecule has 0 rings (SSSR count). The number of carbonyl (C=O) groups is 1. The zero-order valence-corrected chi connectivity index (χ0v) is 22.4. The highest BCUT2D eigenvalue weighted by Gasteiger charge is 2.45. The largest absolute Gasteiger partial charge is 0.356 e. The first-order chi connectivity index (χ1) is 15.8. The number of quaternary nitrogens is 1. The minimum atomic E-state index is -1.05. The van der Waals surface area contributed by atoms with Gasteiger partial charge in [-0.05, 0) is 17.7 Å². The first-order valence-corrected chi connectivity index (χ1v) is 14.0. The molecule has 0 aromatic rings. The van der Waals surface area contributed by atoms with Gasteiger partial charge >= 0.3 is 0 Å². The molecule has 5 heteroatoms. The Morgan fingerprint density at radius 2 is 1.27 bits per heavy atom. The van der Waals surface area contributed by atoms with E-state index in [2.05, 4.69) is 18.8 Å². The van der Waals surface area contributed by atoms with Crippen molar-refractivity contribution in [2.24, 2.45) is 0 Å². The summed E-state index contributed by atoms with van der Waals surface area (Å²) in [5.41, 5.74) is -0.666. The van der Waals surface area contributed by atoms with Crippen LogP contribution in [-0.2, 0) is 4.79 Å². The maximum atomic E-state index is 12.1. The van der Waals surface area contributed by atoms with Crippen LogP contribution in [0.15, 0.2) is 12.7 Å². The number of rotatable bonds is 24. The average Bonchev–Trinajstić information content (AvgIpc) is 2.77. The van der Waals surface area contributed by atoms with E-state index in [0.717, 1.165) is 19.3 Å². The summed E-state index contributed by atoms with van der Waals surface area (Å²) in [5.74, 6) is 0.112. The van der Waals surface area contributed by atoms with Crippen LogP contribution in [0.3, 0.4) is 0 Å². The lowest BCUT2D eigenvalue weighted by atomic mass is 9.86. The predicted octanol–water partition coefficient (Wildman–Crippen LogP) is 8.09. The molecule has 1 atom stereocenters. The van der Waals surface area contributed by atoms with Crippen molar-refractivity contribution in [3.05, 3.63) is 12.7 Å². The Morgan fingerprint density at radius 1 is 0.818 bits per heavy atom. The second-order valence-corrected chi connectivity index (χ2v) is 10.1. The number of nitrogens with one attached hydrogen (secondary N) is 1. The van der Waals surface area contributed by atoms with Gasteiger partial charge in [0.1, 0.15) is 7.05 Å². The van der Waals surface area contributed by atoms with Crippen molar-refractivity contribution in [2.45, 2.75) is 148 Å². The van der Waals surface area contributed by atoms with Gasteiger partial charge in [0.2, 0.25) is 5.91 Å². The molecule has 0 radical (unpaired) electrons. The van der Waals surface area contributed by atoms with Gasteiger partial charge in [-0.2, -0.15) is 10.4 Å². The van der Waals surface area contributed by atoms with E-state index in [1.54, 1.807) is 6.08 Å². The van der Waals surface area contributed by atoms with Crippen LogP contribution < -0.4 is 5.32 Å². The highest BCUT2D eigenvalue weighted by Crippen LogP contribution is 2.31. The molecule has 1 unspecified atom stereocenters. The topological polar surface area (TPSA) is 69.6 Å². The lowest BCUT2D eigenvalue weighted by Crippen LogP contribution is -2.57. The number of hydrogen-bond donors (Lipinski definition) is 3. The van der Waals surface area contributed by atoms with Crippen LogP contribution in [0.5, 0.6) is 0 Å². The number of carbonyl (C=O) groups excluding carboxylic acids is 1. The van der Waals surface area contributed by atoms with E-state index < -0.39 is 10.3 Å². The molecule has 0 aromatic heterocycles. The fourth-order valence-corrected chi connectivity index (χ4v) is 4.77. The molecule has 3 N–H and O–H groups in total. The molecule has 1 amide bonds. The summed E-state index contributed by atoms with van der Waals surface area (Å²) in [6.07, 6.45) is 24.8. The molecule has 0 saturated carbocycles. The van der Waals surface area contributed by atoms with E-state index in [4.69, 9.17) is 0 Å². The lowest BCUT2D eigenvalue weighted by Gasteiger charge is -2.38. The maximum absolute atomic E-state index is 12.1. The number of unbranched alkanes of at least 4 members (excludes halogenated alkanes) is 14. The average molecular weight is 470 g/mol. The summed E-state index contributed by atoms with van der Waals surface area (Å²) < 4.78 is 0. The normalized spacial score (nSPS) is 13.6. The van der Waals surface area contributed by atoms with E-state index in [1.807, 2.05) is 6.92 Å². The molecule has 0 fully saturated rings. The Morgan fingerprint density at radius 3 is 1.67 bits per heavy atom.